The van der Waals surface area contributed by atoms with Crippen LogP contribution in [0.15, 0.2) is 0 Å². The maximum atomic E-state index is 12.1. The molecule has 2 heterocycles. The summed E-state index contributed by atoms with van der Waals surface area (Å²) in [4.78, 5) is 25.9. The fraction of sp³-hybridized carbons (Fsp3) is 0.833. The van der Waals surface area contributed by atoms with Crippen LogP contribution in [-0.4, -0.2) is 48.4 Å². The number of amides is 2. The van der Waals surface area contributed by atoms with Gasteiger partial charge in [-0.05, 0) is 18.8 Å². The first-order valence-corrected chi connectivity index (χ1v) is 6.57. The second-order valence-electron chi connectivity index (χ2n) is 5.32. The fourth-order valence-electron chi connectivity index (χ4n) is 3.46. The Bertz CT molecular complexity index is 339. The van der Waals surface area contributed by atoms with Crippen LogP contribution in [0.1, 0.15) is 25.7 Å². The number of carbonyl (C=O) groups is 2. The largest absolute Gasteiger partial charge is 0.352 e. The molecule has 3 aliphatic rings. The third kappa shape index (κ3) is 1.82. The SMILES string of the molecule is O=C1NCC2CNCC(=O)N2C1C1CCCC1. The Hall–Kier alpha value is -1.10. The Kier molecular flexibility index (Phi) is 2.78. The lowest BCUT2D eigenvalue weighted by Gasteiger charge is -2.46. The number of fused-ring (bicyclic) bond motifs is 1. The molecule has 1 saturated carbocycles. The van der Waals surface area contributed by atoms with E-state index >= 15 is 0 Å². The molecule has 2 N–H and O–H groups in total. The van der Waals surface area contributed by atoms with Gasteiger partial charge in [-0.1, -0.05) is 12.8 Å². The molecule has 0 radical (unpaired) electrons. The highest BCUT2D eigenvalue weighted by atomic mass is 16.2. The average molecular weight is 237 g/mol. The Morgan fingerprint density at radius 2 is 1.88 bits per heavy atom. The van der Waals surface area contributed by atoms with Gasteiger partial charge in [0.15, 0.2) is 0 Å². The van der Waals surface area contributed by atoms with E-state index in [0.717, 1.165) is 19.4 Å². The number of hydrogen-bond acceptors (Lipinski definition) is 3. The third-order valence-electron chi connectivity index (χ3n) is 4.26. The van der Waals surface area contributed by atoms with Crippen molar-refractivity contribution in [3.8, 4) is 0 Å². The van der Waals surface area contributed by atoms with Gasteiger partial charge in [0, 0.05) is 13.1 Å². The standard InChI is InChI=1S/C12H19N3O2/c16-10-7-13-5-9-6-14-12(17)11(15(9)10)8-3-1-2-4-8/h8-9,11,13H,1-7H2,(H,14,17). The number of hydrogen-bond donors (Lipinski definition) is 2. The Morgan fingerprint density at radius 1 is 1.12 bits per heavy atom. The maximum absolute atomic E-state index is 12.1. The molecule has 2 atom stereocenters. The summed E-state index contributed by atoms with van der Waals surface area (Å²) in [5.41, 5.74) is 0. The van der Waals surface area contributed by atoms with Gasteiger partial charge in [-0.2, -0.15) is 0 Å². The van der Waals surface area contributed by atoms with Crippen molar-refractivity contribution in [1.82, 2.24) is 15.5 Å². The van der Waals surface area contributed by atoms with Crippen molar-refractivity contribution < 1.29 is 9.59 Å². The number of rotatable bonds is 1. The predicted octanol–water partition coefficient (Wildman–Crippen LogP) is -0.525. The number of nitrogens with one attached hydrogen (secondary N) is 2. The summed E-state index contributed by atoms with van der Waals surface area (Å²) in [5.74, 6) is 0.524. The van der Waals surface area contributed by atoms with Gasteiger partial charge in [0.2, 0.25) is 11.8 Å². The van der Waals surface area contributed by atoms with Gasteiger partial charge in [-0.15, -0.1) is 0 Å². The zero-order chi connectivity index (χ0) is 11.8. The first-order valence-electron chi connectivity index (χ1n) is 6.57. The zero-order valence-electron chi connectivity index (χ0n) is 9.95. The smallest absolute Gasteiger partial charge is 0.243 e. The van der Waals surface area contributed by atoms with Crippen molar-refractivity contribution in [2.75, 3.05) is 19.6 Å². The minimum absolute atomic E-state index is 0.0587. The van der Waals surface area contributed by atoms with Crippen molar-refractivity contribution in [1.29, 1.82) is 0 Å². The molecular formula is C12H19N3O2. The molecule has 2 unspecified atom stereocenters. The number of carbonyl (C=O) groups excluding carboxylic acids is 2. The Labute approximate surface area is 101 Å². The molecule has 5 heteroatoms. The van der Waals surface area contributed by atoms with Crippen LogP contribution < -0.4 is 10.6 Å². The lowest BCUT2D eigenvalue weighted by molar-refractivity contribution is -0.151. The molecule has 0 bridgehead atoms. The van der Waals surface area contributed by atoms with Gasteiger partial charge < -0.3 is 15.5 Å². The summed E-state index contributed by atoms with van der Waals surface area (Å²) >= 11 is 0. The number of piperazine rings is 2. The minimum atomic E-state index is -0.203. The summed E-state index contributed by atoms with van der Waals surface area (Å²) in [6.07, 6.45) is 4.56. The first-order chi connectivity index (χ1) is 8.27. The molecule has 0 aromatic carbocycles. The summed E-state index contributed by atoms with van der Waals surface area (Å²) < 4.78 is 0. The van der Waals surface area contributed by atoms with E-state index in [0.29, 0.717) is 19.0 Å². The second kappa shape index (κ2) is 4.29. The minimum Gasteiger partial charge on any atom is -0.352 e. The fourth-order valence-corrected chi connectivity index (χ4v) is 3.46. The van der Waals surface area contributed by atoms with E-state index in [-0.39, 0.29) is 23.9 Å². The van der Waals surface area contributed by atoms with Crippen LogP contribution in [0.3, 0.4) is 0 Å². The normalized spacial score (nSPS) is 34.7. The lowest BCUT2D eigenvalue weighted by Crippen LogP contribution is -2.70. The van der Waals surface area contributed by atoms with E-state index in [4.69, 9.17) is 0 Å². The Morgan fingerprint density at radius 3 is 2.65 bits per heavy atom. The van der Waals surface area contributed by atoms with E-state index in [2.05, 4.69) is 10.6 Å². The van der Waals surface area contributed by atoms with Crippen molar-refractivity contribution >= 4 is 11.8 Å². The summed E-state index contributed by atoms with van der Waals surface area (Å²) in [6, 6.07) is -0.0506. The highest BCUT2D eigenvalue weighted by Crippen LogP contribution is 2.32. The van der Waals surface area contributed by atoms with Gasteiger partial charge in [-0.25, -0.2) is 0 Å². The van der Waals surface area contributed by atoms with Crippen molar-refractivity contribution in [2.45, 2.75) is 37.8 Å². The molecule has 5 nitrogen and oxygen atoms in total. The highest BCUT2D eigenvalue weighted by molar-refractivity contribution is 5.90. The molecule has 17 heavy (non-hydrogen) atoms. The molecule has 3 rings (SSSR count). The van der Waals surface area contributed by atoms with Crippen LogP contribution in [0.2, 0.25) is 0 Å². The summed E-state index contributed by atoms with van der Waals surface area (Å²) in [7, 11) is 0. The van der Waals surface area contributed by atoms with Crippen LogP contribution in [0.4, 0.5) is 0 Å². The lowest BCUT2D eigenvalue weighted by atomic mass is 9.91. The van der Waals surface area contributed by atoms with Crippen LogP contribution in [0.25, 0.3) is 0 Å². The van der Waals surface area contributed by atoms with Gasteiger partial charge in [0.05, 0.1) is 12.6 Å². The first kappa shape index (κ1) is 11.0. The monoisotopic (exact) mass is 237 g/mol. The van der Waals surface area contributed by atoms with E-state index in [1.54, 1.807) is 0 Å². The molecule has 94 valence electrons. The molecule has 2 saturated heterocycles. The van der Waals surface area contributed by atoms with Crippen LogP contribution in [-0.2, 0) is 9.59 Å². The van der Waals surface area contributed by atoms with E-state index in [9.17, 15) is 9.59 Å². The topological polar surface area (TPSA) is 61.4 Å². The van der Waals surface area contributed by atoms with Crippen molar-refractivity contribution in [3.05, 3.63) is 0 Å². The third-order valence-corrected chi connectivity index (χ3v) is 4.26. The maximum Gasteiger partial charge on any atom is 0.243 e. The van der Waals surface area contributed by atoms with Crippen molar-refractivity contribution in [3.63, 3.8) is 0 Å². The van der Waals surface area contributed by atoms with Gasteiger partial charge in [-0.3, -0.25) is 9.59 Å². The van der Waals surface area contributed by atoms with Crippen LogP contribution in [0, 0.1) is 5.92 Å². The van der Waals surface area contributed by atoms with Crippen LogP contribution in [0.5, 0.6) is 0 Å². The molecule has 0 spiro atoms. The van der Waals surface area contributed by atoms with Gasteiger partial charge >= 0.3 is 0 Å². The predicted molar refractivity (Wildman–Crippen MR) is 62.3 cm³/mol. The van der Waals surface area contributed by atoms with Crippen molar-refractivity contribution in [2.24, 2.45) is 5.92 Å². The number of nitrogens with zero attached hydrogens (tertiary/aromatic N) is 1. The van der Waals surface area contributed by atoms with E-state index in [1.165, 1.54) is 12.8 Å². The average Bonchev–Trinajstić information content (AvgIpc) is 2.83. The summed E-state index contributed by atoms with van der Waals surface area (Å²) in [6.45, 7) is 1.78. The highest BCUT2D eigenvalue weighted by Gasteiger charge is 2.45. The molecule has 2 aliphatic heterocycles. The Balaban J connectivity index is 1.85. The van der Waals surface area contributed by atoms with E-state index < -0.39 is 0 Å². The summed E-state index contributed by atoms with van der Waals surface area (Å²) in [5, 5.41) is 6.07. The van der Waals surface area contributed by atoms with Gasteiger partial charge in [0.25, 0.3) is 0 Å². The quantitative estimate of drug-likeness (QED) is 0.645. The zero-order valence-corrected chi connectivity index (χ0v) is 9.95. The molecule has 0 aromatic rings. The molecular weight excluding hydrogens is 218 g/mol. The molecule has 1 aliphatic carbocycles. The second-order valence-corrected chi connectivity index (χ2v) is 5.32. The van der Waals surface area contributed by atoms with Gasteiger partial charge in [0.1, 0.15) is 6.04 Å². The molecule has 2 amide bonds. The molecule has 0 aromatic heterocycles. The van der Waals surface area contributed by atoms with Crippen LogP contribution >= 0.6 is 0 Å². The molecule has 3 fully saturated rings. The van der Waals surface area contributed by atoms with E-state index in [1.807, 2.05) is 4.90 Å².